The van der Waals surface area contributed by atoms with Crippen molar-refractivity contribution in [3.8, 4) is 0 Å². The second kappa shape index (κ2) is 4.59. The van der Waals surface area contributed by atoms with Gasteiger partial charge in [-0.15, -0.1) is 0 Å². The molecule has 0 N–H and O–H groups in total. The van der Waals surface area contributed by atoms with Crippen molar-refractivity contribution in [1.29, 1.82) is 0 Å². The molecule has 0 atom stereocenters. The van der Waals surface area contributed by atoms with E-state index in [0.29, 0.717) is 13.2 Å². The van der Waals surface area contributed by atoms with E-state index in [4.69, 9.17) is 9.47 Å². The van der Waals surface area contributed by atoms with E-state index in [1.165, 1.54) is 16.5 Å². The maximum atomic E-state index is 5.61. The first kappa shape index (κ1) is 11.5. The first-order valence-electron chi connectivity index (χ1n) is 6.19. The van der Waals surface area contributed by atoms with Gasteiger partial charge in [-0.2, -0.15) is 0 Å². The van der Waals surface area contributed by atoms with Crippen molar-refractivity contribution in [1.82, 2.24) is 0 Å². The number of anilines is 1. The third kappa shape index (κ3) is 1.85. The molecule has 3 rings (SSSR count). The molecule has 2 aromatic carbocycles. The second-order valence-corrected chi connectivity index (χ2v) is 4.69. The summed E-state index contributed by atoms with van der Waals surface area (Å²) in [5, 5.41) is 2.44. The molecule has 0 radical (unpaired) electrons. The number of hydrogen-bond donors (Lipinski definition) is 0. The van der Waals surface area contributed by atoms with Crippen molar-refractivity contribution in [2.75, 3.05) is 32.2 Å². The lowest BCUT2D eigenvalue weighted by Crippen LogP contribution is -2.10. The molecule has 2 aromatic rings. The van der Waals surface area contributed by atoms with Gasteiger partial charge >= 0.3 is 0 Å². The predicted octanol–water partition coefficient (Wildman–Crippen LogP) is 2.95. The SMILES string of the molecule is CN(C)c1ccc(C2OCCO2)c2ccccc12. The highest BCUT2D eigenvalue weighted by molar-refractivity contribution is 5.96. The van der Waals surface area contributed by atoms with Crippen LogP contribution in [-0.2, 0) is 9.47 Å². The average Bonchev–Trinajstić information content (AvgIpc) is 2.91. The molecule has 18 heavy (non-hydrogen) atoms. The van der Waals surface area contributed by atoms with Gasteiger partial charge in [-0.3, -0.25) is 0 Å². The van der Waals surface area contributed by atoms with Gasteiger partial charge in [-0.25, -0.2) is 0 Å². The Morgan fingerprint density at radius 2 is 1.61 bits per heavy atom. The number of nitrogens with zero attached hydrogens (tertiary/aromatic N) is 1. The zero-order chi connectivity index (χ0) is 12.5. The van der Waals surface area contributed by atoms with Gasteiger partial charge in [0.1, 0.15) is 0 Å². The Morgan fingerprint density at radius 1 is 0.944 bits per heavy atom. The molecule has 94 valence electrons. The highest BCUT2D eigenvalue weighted by Crippen LogP contribution is 2.34. The average molecular weight is 243 g/mol. The van der Waals surface area contributed by atoms with Gasteiger partial charge in [0.15, 0.2) is 6.29 Å². The number of fused-ring (bicyclic) bond motifs is 1. The first-order chi connectivity index (χ1) is 8.77. The molecular weight excluding hydrogens is 226 g/mol. The van der Waals surface area contributed by atoms with Crippen LogP contribution in [0, 0.1) is 0 Å². The van der Waals surface area contributed by atoms with Crippen LogP contribution in [0.15, 0.2) is 36.4 Å². The molecule has 0 spiro atoms. The van der Waals surface area contributed by atoms with Gasteiger partial charge in [0, 0.05) is 30.7 Å². The Kier molecular flexibility index (Phi) is 2.94. The Labute approximate surface area is 107 Å². The minimum absolute atomic E-state index is 0.217. The van der Waals surface area contributed by atoms with Crippen LogP contribution < -0.4 is 4.90 Å². The van der Waals surface area contributed by atoms with E-state index in [2.05, 4.69) is 55.4 Å². The van der Waals surface area contributed by atoms with Crippen LogP contribution in [0.2, 0.25) is 0 Å². The molecule has 1 heterocycles. The van der Waals surface area contributed by atoms with E-state index < -0.39 is 0 Å². The zero-order valence-electron chi connectivity index (χ0n) is 10.7. The summed E-state index contributed by atoms with van der Waals surface area (Å²) in [6.45, 7) is 1.35. The van der Waals surface area contributed by atoms with E-state index >= 15 is 0 Å². The molecule has 1 aliphatic rings. The van der Waals surface area contributed by atoms with Gasteiger partial charge in [0.05, 0.1) is 13.2 Å². The van der Waals surface area contributed by atoms with Gasteiger partial charge in [0.25, 0.3) is 0 Å². The van der Waals surface area contributed by atoms with Crippen LogP contribution in [-0.4, -0.2) is 27.3 Å². The Balaban J connectivity index is 2.19. The minimum atomic E-state index is -0.217. The standard InChI is InChI=1S/C15H17NO2/c1-16(2)14-8-7-13(15-17-9-10-18-15)11-5-3-4-6-12(11)14/h3-8,15H,9-10H2,1-2H3. The molecule has 0 unspecified atom stereocenters. The zero-order valence-corrected chi connectivity index (χ0v) is 10.7. The molecule has 1 saturated heterocycles. The summed E-state index contributed by atoms with van der Waals surface area (Å²) >= 11 is 0. The normalized spacial score (nSPS) is 16.3. The molecule has 0 aromatic heterocycles. The monoisotopic (exact) mass is 243 g/mol. The van der Waals surface area contributed by atoms with Crippen LogP contribution in [0.25, 0.3) is 10.8 Å². The molecule has 0 saturated carbocycles. The highest BCUT2D eigenvalue weighted by Gasteiger charge is 2.21. The number of benzene rings is 2. The van der Waals surface area contributed by atoms with E-state index in [9.17, 15) is 0 Å². The van der Waals surface area contributed by atoms with E-state index in [1.54, 1.807) is 0 Å². The van der Waals surface area contributed by atoms with Crippen LogP contribution in [0.5, 0.6) is 0 Å². The fraction of sp³-hybridized carbons (Fsp3) is 0.333. The molecule has 1 aliphatic heterocycles. The van der Waals surface area contributed by atoms with Crippen LogP contribution in [0.3, 0.4) is 0 Å². The van der Waals surface area contributed by atoms with Crippen molar-refractivity contribution in [3.63, 3.8) is 0 Å². The lowest BCUT2D eigenvalue weighted by Gasteiger charge is -2.19. The second-order valence-electron chi connectivity index (χ2n) is 4.69. The largest absolute Gasteiger partial charge is 0.377 e. The van der Waals surface area contributed by atoms with Crippen molar-refractivity contribution < 1.29 is 9.47 Å². The minimum Gasteiger partial charge on any atom is -0.377 e. The van der Waals surface area contributed by atoms with Crippen molar-refractivity contribution in [3.05, 3.63) is 42.0 Å². The van der Waals surface area contributed by atoms with Gasteiger partial charge in [-0.05, 0) is 11.5 Å². The Bertz CT molecular complexity index is 559. The molecular formula is C15H17NO2. The summed E-state index contributed by atoms with van der Waals surface area (Å²) in [5.41, 5.74) is 2.33. The summed E-state index contributed by atoms with van der Waals surface area (Å²) in [4.78, 5) is 2.13. The maximum absolute atomic E-state index is 5.61. The molecule has 0 amide bonds. The summed E-state index contributed by atoms with van der Waals surface area (Å²) in [6.07, 6.45) is -0.217. The summed E-state index contributed by atoms with van der Waals surface area (Å²) in [7, 11) is 4.12. The van der Waals surface area contributed by atoms with Crippen molar-refractivity contribution >= 4 is 16.5 Å². The van der Waals surface area contributed by atoms with E-state index in [0.717, 1.165) is 5.56 Å². The molecule has 1 fully saturated rings. The Hall–Kier alpha value is -1.58. The van der Waals surface area contributed by atoms with E-state index in [1.807, 2.05) is 0 Å². The van der Waals surface area contributed by atoms with E-state index in [-0.39, 0.29) is 6.29 Å². The summed E-state index contributed by atoms with van der Waals surface area (Å²) < 4.78 is 11.2. The van der Waals surface area contributed by atoms with Crippen molar-refractivity contribution in [2.24, 2.45) is 0 Å². The topological polar surface area (TPSA) is 21.7 Å². The molecule has 0 aliphatic carbocycles. The van der Waals surface area contributed by atoms with Gasteiger partial charge in [-0.1, -0.05) is 30.3 Å². The predicted molar refractivity (Wildman–Crippen MR) is 72.9 cm³/mol. The first-order valence-corrected chi connectivity index (χ1v) is 6.19. The van der Waals surface area contributed by atoms with Crippen LogP contribution in [0.1, 0.15) is 11.9 Å². The Morgan fingerprint density at radius 3 is 2.28 bits per heavy atom. The quantitative estimate of drug-likeness (QED) is 0.809. The maximum Gasteiger partial charge on any atom is 0.184 e. The molecule has 3 nitrogen and oxygen atoms in total. The summed E-state index contributed by atoms with van der Waals surface area (Å²) in [5.74, 6) is 0. The van der Waals surface area contributed by atoms with Crippen LogP contribution in [0.4, 0.5) is 5.69 Å². The summed E-state index contributed by atoms with van der Waals surface area (Å²) in [6, 6.07) is 12.6. The highest BCUT2D eigenvalue weighted by atomic mass is 16.7. The lowest BCUT2D eigenvalue weighted by molar-refractivity contribution is -0.0429. The molecule has 0 bridgehead atoms. The van der Waals surface area contributed by atoms with Crippen LogP contribution >= 0.6 is 0 Å². The smallest absolute Gasteiger partial charge is 0.184 e. The fourth-order valence-corrected chi connectivity index (χ4v) is 2.44. The fourth-order valence-electron chi connectivity index (χ4n) is 2.44. The van der Waals surface area contributed by atoms with Gasteiger partial charge in [0.2, 0.25) is 0 Å². The third-order valence-corrected chi connectivity index (χ3v) is 3.29. The number of hydrogen-bond acceptors (Lipinski definition) is 3. The third-order valence-electron chi connectivity index (χ3n) is 3.29. The van der Waals surface area contributed by atoms with Gasteiger partial charge < -0.3 is 14.4 Å². The number of rotatable bonds is 2. The van der Waals surface area contributed by atoms with Crippen molar-refractivity contribution in [2.45, 2.75) is 6.29 Å². The number of ether oxygens (including phenoxy) is 2. The molecule has 3 heteroatoms. The lowest BCUT2D eigenvalue weighted by atomic mass is 10.0.